The van der Waals surface area contributed by atoms with Crippen LogP contribution in [0, 0.1) is 0 Å². The molecule has 1 unspecified atom stereocenters. The predicted octanol–water partition coefficient (Wildman–Crippen LogP) is 2.82. The number of aliphatic hydroxyl groups is 1. The van der Waals surface area contributed by atoms with Gasteiger partial charge in [-0.15, -0.1) is 0 Å². The van der Waals surface area contributed by atoms with Crippen LogP contribution in [0.5, 0.6) is 0 Å². The predicted molar refractivity (Wildman–Crippen MR) is 85.9 cm³/mol. The summed E-state index contributed by atoms with van der Waals surface area (Å²) in [5.41, 5.74) is 1.39. The van der Waals surface area contributed by atoms with E-state index < -0.39 is 0 Å². The number of hydrogen-bond acceptors (Lipinski definition) is 3. The number of nitrogens with one attached hydrogen (secondary N) is 1. The maximum absolute atomic E-state index is 8.77. The number of rotatable bonds is 11. The number of unbranched alkanes of at least 4 members (excludes halogenated alkanes) is 2. The lowest BCUT2D eigenvalue weighted by molar-refractivity contribution is 0.213. The van der Waals surface area contributed by atoms with E-state index in [-0.39, 0.29) is 0 Å². The molecule has 0 heterocycles. The van der Waals surface area contributed by atoms with E-state index in [4.69, 9.17) is 5.11 Å². The summed E-state index contributed by atoms with van der Waals surface area (Å²) in [6, 6.07) is 11.2. The molecule has 3 nitrogen and oxygen atoms in total. The Hall–Kier alpha value is -0.900. The molecule has 20 heavy (non-hydrogen) atoms. The maximum atomic E-state index is 8.77. The van der Waals surface area contributed by atoms with Gasteiger partial charge < -0.3 is 10.4 Å². The fourth-order valence-corrected chi connectivity index (χ4v) is 2.57. The van der Waals surface area contributed by atoms with Crippen molar-refractivity contribution in [3.8, 4) is 0 Å². The normalized spacial score (nSPS) is 12.8. The number of likely N-dealkylation sites (N-methyl/N-ethyl adjacent to an activating group) is 1. The van der Waals surface area contributed by atoms with Gasteiger partial charge in [-0.25, -0.2) is 0 Å². The van der Waals surface area contributed by atoms with E-state index in [2.05, 4.69) is 54.4 Å². The Labute approximate surface area is 124 Å². The van der Waals surface area contributed by atoms with Gasteiger partial charge in [0.1, 0.15) is 0 Å². The van der Waals surface area contributed by atoms with Crippen LogP contribution < -0.4 is 5.32 Å². The molecule has 3 heteroatoms. The van der Waals surface area contributed by atoms with Gasteiger partial charge in [-0.1, -0.05) is 44.2 Å². The summed E-state index contributed by atoms with van der Waals surface area (Å²) in [5.74, 6) is 0. The van der Waals surface area contributed by atoms with Crippen LogP contribution in [0.3, 0.4) is 0 Å². The highest BCUT2D eigenvalue weighted by atomic mass is 16.2. The summed E-state index contributed by atoms with van der Waals surface area (Å²) in [7, 11) is 0. The van der Waals surface area contributed by atoms with Crippen LogP contribution in [-0.4, -0.2) is 42.8 Å². The molecule has 1 rings (SSSR count). The Kier molecular flexibility index (Phi) is 9.29. The number of benzene rings is 1. The molecule has 0 fully saturated rings. The first-order chi connectivity index (χ1) is 9.83. The zero-order chi connectivity index (χ0) is 14.6. The Morgan fingerprint density at radius 1 is 1.05 bits per heavy atom. The van der Waals surface area contributed by atoms with Gasteiger partial charge in [0.05, 0.1) is 0 Å². The lowest BCUT2D eigenvalue weighted by atomic mass is 10.0. The highest BCUT2D eigenvalue weighted by molar-refractivity contribution is 5.19. The molecule has 1 aromatic rings. The van der Waals surface area contributed by atoms with Crippen molar-refractivity contribution < 1.29 is 5.11 Å². The summed E-state index contributed by atoms with van der Waals surface area (Å²) in [4.78, 5) is 2.50. The van der Waals surface area contributed by atoms with E-state index >= 15 is 0 Å². The first-order valence-corrected chi connectivity index (χ1v) is 7.94. The molecule has 0 aromatic heterocycles. The fourth-order valence-electron chi connectivity index (χ4n) is 2.57. The molecule has 0 spiro atoms. The number of nitrogens with zero attached hydrogens (tertiary/aromatic N) is 1. The second-order valence-corrected chi connectivity index (χ2v) is 5.14. The van der Waals surface area contributed by atoms with Crippen molar-refractivity contribution in [2.45, 2.75) is 39.2 Å². The molecule has 0 bridgehead atoms. The molecule has 2 N–H and O–H groups in total. The molecule has 0 radical (unpaired) electrons. The van der Waals surface area contributed by atoms with Crippen molar-refractivity contribution in [3.05, 3.63) is 35.9 Å². The Morgan fingerprint density at radius 2 is 1.75 bits per heavy atom. The van der Waals surface area contributed by atoms with Gasteiger partial charge in [-0.3, -0.25) is 4.90 Å². The minimum atomic E-state index is 0.312. The molecule has 1 atom stereocenters. The lowest BCUT2D eigenvalue weighted by Crippen LogP contribution is -2.36. The van der Waals surface area contributed by atoms with Crippen molar-refractivity contribution in [2.75, 3.05) is 32.8 Å². The SMILES string of the molecule is CCN(CC)C(CNCCCCCO)c1ccccc1. The molecular weight excluding hydrogens is 248 g/mol. The van der Waals surface area contributed by atoms with E-state index in [9.17, 15) is 0 Å². The topological polar surface area (TPSA) is 35.5 Å². The van der Waals surface area contributed by atoms with Gasteiger partial charge in [-0.2, -0.15) is 0 Å². The van der Waals surface area contributed by atoms with Crippen LogP contribution in [0.25, 0.3) is 0 Å². The third kappa shape index (κ3) is 6.04. The first-order valence-electron chi connectivity index (χ1n) is 7.94. The monoisotopic (exact) mass is 278 g/mol. The van der Waals surface area contributed by atoms with Crippen LogP contribution in [0.2, 0.25) is 0 Å². The van der Waals surface area contributed by atoms with E-state index in [1.807, 2.05) is 0 Å². The van der Waals surface area contributed by atoms with Gasteiger partial charge in [0.25, 0.3) is 0 Å². The van der Waals surface area contributed by atoms with Gasteiger partial charge in [0.15, 0.2) is 0 Å². The minimum Gasteiger partial charge on any atom is -0.396 e. The molecule has 0 saturated carbocycles. The quantitative estimate of drug-likeness (QED) is 0.611. The van der Waals surface area contributed by atoms with Crippen molar-refractivity contribution in [1.82, 2.24) is 10.2 Å². The summed E-state index contributed by atoms with van der Waals surface area (Å²) >= 11 is 0. The molecule has 0 aliphatic rings. The summed E-state index contributed by atoms with van der Waals surface area (Å²) in [6.07, 6.45) is 3.16. The van der Waals surface area contributed by atoms with Crippen LogP contribution in [0.15, 0.2) is 30.3 Å². The smallest absolute Gasteiger partial charge is 0.0472 e. The summed E-state index contributed by atoms with van der Waals surface area (Å²) in [6.45, 7) is 8.92. The van der Waals surface area contributed by atoms with E-state index in [0.717, 1.165) is 45.4 Å². The summed E-state index contributed by atoms with van der Waals surface area (Å²) < 4.78 is 0. The summed E-state index contributed by atoms with van der Waals surface area (Å²) in [5, 5.41) is 12.3. The van der Waals surface area contributed by atoms with Gasteiger partial charge >= 0.3 is 0 Å². The third-order valence-corrected chi connectivity index (χ3v) is 3.79. The van der Waals surface area contributed by atoms with Gasteiger partial charge in [0.2, 0.25) is 0 Å². The molecular formula is C17H30N2O. The maximum Gasteiger partial charge on any atom is 0.0472 e. The van der Waals surface area contributed by atoms with Crippen LogP contribution in [-0.2, 0) is 0 Å². The second kappa shape index (κ2) is 10.8. The Balaban J connectivity index is 2.47. The average molecular weight is 278 g/mol. The van der Waals surface area contributed by atoms with E-state index in [1.165, 1.54) is 5.56 Å². The highest BCUT2D eigenvalue weighted by Gasteiger charge is 2.16. The van der Waals surface area contributed by atoms with Crippen LogP contribution in [0.1, 0.15) is 44.7 Å². The zero-order valence-corrected chi connectivity index (χ0v) is 13.0. The molecule has 0 amide bonds. The van der Waals surface area contributed by atoms with Crippen molar-refractivity contribution in [1.29, 1.82) is 0 Å². The fraction of sp³-hybridized carbons (Fsp3) is 0.647. The third-order valence-electron chi connectivity index (χ3n) is 3.79. The highest BCUT2D eigenvalue weighted by Crippen LogP contribution is 2.19. The van der Waals surface area contributed by atoms with E-state index in [1.54, 1.807) is 0 Å². The van der Waals surface area contributed by atoms with Gasteiger partial charge in [-0.05, 0) is 44.5 Å². The molecule has 1 aromatic carbocycles. The van der Waals surface area contributed by atoms with Crippen molar-refractivity contribution in [2.24, 2.45) is 0 Å². The van der Waals surface area contributed by atoms with E-state index in [0.29, 0.717) is 12.6 Å². The Bertz CT molecular complexity index is 325. The lowest BCUT2D eigenvalue weighted by Gasteiger charge is -2.30. The zero-order valence-electron chi connectivity index (χ0n) is 13.0. The molecule has 0 aliphatic heterocycles. The average Bonchev–Trinajstić information content (AvgIpc) is 2.50. The molecule has 114 valence electrons. The van der Waals surface area contributed by atoms with Crippen LogP contribution in [0.4, 0.5) is 0 Å². The first kappa shape index (κ1) is 17.2. The van der Waals surface area contributed by atoms with Gasteiger partial charge in [0, 0.05) is 19.2 Å². The second-order valence-electron chi connectivity index (χ2n) is 5.14. The standard InChI is InChI=1S/C17H30N2O/c1-3-19(4-2)17(16-11-7-5-8-12-16)15-18-13-9-6-10-14-20/h5,7-8,11-12,17-18,20H,3-4,6,9-10,13-15H2,1-2H3. The van der Waals surface area contributed by atoms with Crippen molar-refractivity contribution >= 4 is 0 Å². The molecule has 0 aliphatic carbocycles. The molecule has 0 saturated heterocycles. The van der Waals surface area contributed by atoms with Crippen molar-refractivity contribution in [3.63, 3.8) is 0 Å². The Morgan fingerprint density at radius 3 is 2.35 bits per heavy atom. The minimum absolute atomic E-state index is 0.312. The largest absolute Gasteiger partial charge is 0.396 e. The number of aliphatic hydroxyl groups excluding tert-OH is 1. The van der Waals surface area contributed by atoms with Crippen LogP contribution >= 0.6 is 0 Å². The number of hydrogen-bond donors (Lipinski definition) is 2.